The number of ether oxygens (including phenoxy) is 1. The molecule has 0 aromatic carbocycles. The van der Waals surface area contributed by atoms with Crippen molar-refractivity contribution >= 4 is 6.47 Å². The van der Waals surface area contributed by atoms with E-state index in [2.05, 4.69) is 4.74 Å². The molecule has 0 bridgehead atoms. The summed E-state index contributed by atoms with van der Waals surface area (Å²) in [6.45, 7) is 8.36. The lowest BCUT2D eigenvalue weighted by Gasteiger charge is -2.14. The van der Waals surface area contributed by atoms with Gasteiger partial charge in [0.1, 0.15) is 5.60 Å². The second kappa shape index (κ2) is 6.79. The summed E-state index contributed by atoms with van der Waals surface area (Å²) in [7, 11) is 0. The second-order valence-corrected chi connectivity index (χ2v) is 4.29. The Hall–Kier alpha value is -0.610. The molecule has 1 saturated heterocycles. The zero-order chi connectivity index (χ0) is 11.0. The van der Waals surface area contributed by atoms with Crippen LogP contribution >= 0.6 is 0 Å². The predicted molar refractivity (Wildman–Crippen MR) is 54.8 cm³/mol. The fourth-order valence-electron chi connectivity index (χ4n) is 1.07. The first-order valence-electron chi connectivity index (χ1n) is 4.94. The van der Waals surface area contributed by atoms with E-state index in [-0.39, 0.29) is 12.3 Å². The van der Waals surface area contributed by atoms with Gasteiger partial charge in [0.05, 0.1) is 6.73 Å². The van der Waals surface area contributed by atoms with Gasteiger partial charge in [-0.3, -0.25) is 9.69 Å². The first kappa shape index (κ1) is 13.4. The molecule has 0 aromatic rings. The Morgan fingerprint density at radius 1 is 1.36 bits per heavy atom. The van der Waals surface area contributed by atoms with Crippen LogP contribution in [0.4, 0.5) is 0 Å². The van der Waals surface area contributed by atoms with Crippen molar-refractivity contribution in [1.29, 1.82) is 0 Å². The Labute approximate surface area is 85.9 Å². The van der Waals surface area contributed by atoms with Gasteiger partial charge < -0.3 is 9.84 Å². The molecule has 0 atom stereocenters. The van der Waals surface area contributed by atoms with Gasteiger partial charge >= 0.3 is 0 Å². The summed E-state index contributed by atoms with van der Waals surface area (Å²) in [5, 5.41) is 8.49. The maximum atomic E-state index is 9.60. The lowest BCUT2D eigenvalue weighted by Crippen LogP contribution is -2.19. The van der Waals surface area contributed by atoms with Crippen LogP contribution in [0.25, 0.3) is 0 Å². The third-order valence-electron chi connectivity index (χ3n) is 1.80. The minimum absolute atomic E-state index is 0.250. The van der Waals surface area contributed by atoms with E-state index in [1.807, 2.05) is 25.7 Å². The fourth-order valence-corrected chi connectivity index (χ4v) is 1.07. The van der Waals surface area contributed by atoms with Crippen LogP contribution in [0.15, 0.2) is 0 Å². The maximum absolute atomic E-state index is 9.60. The predicted octanol–water partition coefficient (Wildman–Crippen LogP) is 0.990. The molecule has 84 valence electrons. The Bertz CT molecular complexity index is 148. The van der Waals surface area contributed by atoms with Crippen LogP contribution in [-0.2, 0) is 9.53 Å². The standard InChI is InChI=1S/C5H11NO.C5H10O2/c7-5-6-3-1-2-4-6;1-5(2,3)7-4-6/h7H,1-5H2;4H,1-3H3. The molecule has 0 unspecified atom stereocenters. The summed E-state index contributed by atoms with van der Waals surface area (Å²) < 4.78 is 4.55. The maximum Gasteiger partial charge on any atom is 0.293 e. The molecule has 1 N–H and O–H groups in total. The highest BCUT2D eigenvalue weighted by Crippen LogP contribution is 2.04. The van der Waals surface area contributed by atoms with E-state index in [0.717, 1.165) is 13.1 Å². The molecular weight excluding hydrogens is 182 g/mol. The van der Waals surface area contributed by atoms with Crippen LogP contribution < -0.4 is 0 Å². The van der Waals surface area contributed by atoms with Crippen LogP contribution in [0.1, 0.15) is 33.6 Å². The third-order valence-corrected chi connectivity index (χ3v) is 1.80. The SMILES string of the molecule is CC(C)(C)OC=O.OCN1CCCC1. The first-order chi connectivity index (χ1) is 6.49. The van der Waals surface area contributed by atoms with Gasteiger partial charge in [-0.15, -0.1) is 0 Å². The number of hydrogen-bond acceptors (Lipinski definition) is 4. The second-order valence-electron chi connectivity index (χ2n) is 4.29. The van der Waals surface area contributed by atoms with E-state index in [1.165, 1.54) is 12.8 Å². The van der Waals surface area contributed by atoms with Gasteiger partial charge in [0.15, 0.2) is 0 Å². The number of aliphatic hydroxyl groups is 1. The Morgan fingerprint density at radius 2 is 1.86 bits per heavy atom. The van der Waals surface area contributed by atoms with Gasteiger partial charge in [-0.2, -0.15) is 0 Å². The number of rotatable bonds is 2. The van der Waals surface area contributed by atoms with Crippen LogP contribution in [0.5, 0.6) is 0 Å². The van der Waals surface area contributed by atoms with Crippen LogP contribution in [-0.4, -0.2) is 41.9 Å². The van der Waals surface area contributed by atoms with Gasteiger partial charge in [-0.1, -0.05) is 0 Å². The topological polar surface area (TPSA) is 49.8 Å². The van der Waals surface area contributed by atoms with E-state index >= 15 is 0 Å². The summed E-state index contributed by atoms with van der Waals surface area (Å²) in [5.74, 6) is 0. The molecule has 4 nitrogen and oxygen atoms in total. The van der Waals surface area contributed by atoms with Crippen molar-refractivity contribution in [2.75, 3.05) is 19.8 Å². The Balaban J connectivity index is 0.000000241. The minimum atomic E-state index is -0.318. The smallest absolute Gasteiger partial charge is 0.293 e. The summed E-state index contributed by atoms with van der Waals surface area (Å²) in [6, 6.07) is 0. The van der Waals surface area contributed by atoms with Gasteiger partial charge in [0.25, 0.3) is 6.47 Å². The number of likely N-dealkylation sites (tertiary alicyclic amines) is 1. The summed E-state index contributed by atoms with van der Waals surface area (Å²) >= 11 is 0. The molecule has 0 radical (unpaired) electrons. The molecule has 0 aromatic heterocycles. The van der Waals surface area contributed by atoms with Crippen molar-refractivity contribution in [3.63, 3.8) is 0 Å². The van der Waals surface area contributed by atoms with Crippen molar-refractivity contribution in [1.82, 2.24) is 4.90 Å². The quantitative estimate of drug-likeness (QED) is 0.680. The van der Waals surface area contributed by atoms with Crippen molar-refractivity contribution in [2.45, 2.75) is 39.2 Å². The van der Waals surface area contributed by atoms with Crippen molar-refractivity contribution in [3.8, 4) is 0 Å². The average molecular weight is 203 g/mol. The van der Waals surface area contributed by atoms with Crippen LogP contribution in [0, 0.1) is 0 Å². The molecule has 0 aliphatic carbocycles. The summed E-state index contributed by atoms with van der Waals surface area (Å²) in [6.07, 6.45) is 2.53. The van der Waals surface area contributed by atoms with E-state index in [9.17, 15) is 4.79 Å². The molecular formula is C10H21NO3. The number of hydrogen-bond donors (Lipinski definition) is 1. The molecule has 1 heterocycles. The summed E-state index contributed by atoms with van der Waals surface area (Å²) in [5.41, 5.74) is -0.318. The molecule has 4 heteroatoms. The zero-order valence-corrected chi connectivity index (χ0v) is 9.32. The number of nitrogens with zero attached hydrogens (tertiary/aromatic N) is 1. The normalized spacial score (nSPS) is 17.1. The third kappa shape index (κ3) is 8.01. The molecule has 1 aliphatic rings. The van der Waals surface area contributed by atoms with Crippen LogP contribution in [0.2, 0.25) is 0 Å². The van der Waals surface area contributed by atoms with Crippen LogP contribution in [0.3, 0.4) is 0 Å². The molecule has 14 heavy (non-hydrogen) atoms. The van der Waals surface area contributed by atoms with Crippen molar-refractivity contribution in [2.24, 2.45) is 0 Å². The van der Waals surface area contributed by atoms with Gasteiger partial charge in [0, 0.05) is 13.1 Å². The molecule has 0 saturated carbocycles. The fraction of sp³-hybridized carbons (Fsp3) is 0.900. The van der Waals surface area contributed by atoms with E-state index in [1.54, 1.807) is 0 Å². The van der Waals surface area contributed by atoms with Crippen molar-refractivity contribution < 1.29 is 14.6 Å². The first-order valence-corrected chi connectivity index (χ1v) is 4.94. The number of carbonyl (C=O) groups excluding carboxylic acids is 1. The lowest BCUT2D eigenvalue weighted by atomic mass is 10.2. The lowest BCUT2D eigenvalue weighted by molar-refractivity contribution is -0.138. The molecule has 0 amide bonds. The van der Waals surface area contributed by atoms with E-state index in [4.69, 9.17) is 5.11 Å². The minimum Gasteiger partial charge on any atom is -0.462 e. The van der Waals surface area contributed by atoms with Gasteiger partial charge in [-0.05, 0) is 33.6 Å². The molecule has 1 aliphatic heterocycles. The number of carbonyl (C=O) groups is 1. The molecule has 1 rings (SSSR count). The van der Waals surface area contributed by atoms with Crippen molar-refractivity contribution in [3.05, 3.63) is 0 Å². The summed E-state index contributed by atoms with van der Waals surface area (Å²) in [4.78, 5) is 11.6. The zero-order valence-electron chi connectivity index (χ0n) is 9.32. The highest BCUT2D eigenvalue weighted by Gasteiger charge is 2.08. The molecule has 0 spiro atoms. The van der Waals surface area contributed by atoms with E-state index < -0.39 is 0 Å². The highest BCUT2D eigenvalue weighted by atomic mass is 16.5. The van der Waals surface area contributed by atoms with Gasteiger partial charge in [0.2, 0.25) is 0 Å². The van der Waals surface area contributed by atoms with E-state index in [0.29, 0.717) is 6.47 Å². The van der Waals surface area contributed by atoms with Gasteiger partial charge in [-0.25, -0.2) is 0 Å². The molecule has 1 fully saturated rings. The largest absolute Gasteiger partial charge is 0.462 e. The Morgan fingerprint density at radius 3 is 2.00 bits per heavy atom. The average Bonchev–Trinajstić information content (AvgIpc) is 2.54. The monoisotopic (exact) mass is 203 g/mol. The Kier molecular flexibility index (Phi) is 6.49. The number of aliphatic hydroxyl groups excluding tert-OH is 1. The highest BCUT2D eigenvalue weighted by molar-refractivity contribution is 5.37.